The average molecular weight is 474 g/mol. The number of nitrogens with two attached hydrogens (primary N) is 1. The Kier molecular flexibility index (Phi) is 10.6. The molecule has 1 atom stereocenters. The van der Waals surface area contributed by atoms with E-state index in [1.165, 1.54) is 0 Å². The second kappa shape index (κ2) is 13.4. The quantitative estimate of drug-likeness (QED) is 0.460. The zero-order valence-electron chi connectivity index (χ0n) is 18.8. The van der Waals surface area contributed by atoms with E-state index in [1.54, 1.807) is 30.5 Å². The summed E-state index contributed by atoms with van der Waals surface area (Å²) in [4.78, 5) is 4.46. The molecule has 0 bridgehead atoms. The van der Waals surface area contributed by atoms with Gasteiger partial charge in [0.15, 0.2) is 0 Å². The third-order valence-corrected chi connectivity index (χ3v) is 4.80. The molecule has 0 fully saturated rings. The van der Waals surface area contributed by atoms with Crippen LogP contribution in [0.1, 0.15) is 37.4 Å². The van der Waals surface area contributed by atoms with Crippen LogP contribution in [-0.2, 0) is 11.2 Å². The van der Waals surface area contributed by atoms with Crippen molar-refractivity contribution >= 4 is 11.6 Å². The van der Waals surface area contributed by atoms with E-state index >= 15 is 0 Å². The van der Waals surface area contributed by atoms with E-state index in [9.17, 15) is 8.78 Å². The summed E-state index contributed by atoms with van der Waals surface area (Å²) in [5, 5.41) is 3.45. The van der Waals surface area contributed by atoms with Crippen LogP contribution in [0.2, 0.25) is 5.02 Å². The highest BCUT2D eigenvalue weighted by atomic mass is 35.5. The van der Waals surface area contributed by atoms with E-state index < -0.39 is 6.61 Å². The lowest BCUT2D eigenvalue weighted by Crippen LogP contribution is -2.25. The van der Waals surface area contributed by atoms with Gasteiger partial charge in [-0.1, -0.05) is 60.7 Å². The number of alkyl halides is 2. The molecule has 0 unspecified atom stereocenters. The van der Waals surface area contributed by atoms with E-state index in [2.05, 4.69) is 21.6 Å². The summed E-state index contributed by atoms with van der Waals surface area (Å²) in [7, 11) is 0. The highest BCUT2D eigenvalue weighted by Gasteiger charge is 2.20. The van der Waals surface area contributed by atoms with Gasteiger partial charge in [0.25, 0.3) is 0 Å². The molecule has 0 saturated carbocycles. The molecule has 7 heteroatoms. The topological polar surface area (TPSA) is 60.2 Å². The molecular weight excluding hydrogens is 444 g/mol. The zero-order valence-corrected chi connectivity index (χ0v) is 19.6. The largest absolute Gasteiger partial charge is 0.435 e. The number of allylic oxidation sites excluding steroid dienone is 5. The summed E-state index contributed by atoms with van der Waals surface area (Å²) >= 11 is 5.97. The van der Waals surface area contributed by atoms with Crippen molar-refractivity contribution in [2.75, 3.05) is 0 Å². The zero-order chi connectivity index (χ0) is 24.2. The molecule has 0 radical (unpaired) electrons. The summed E-state index contributed by atoms with van der Waals surface area (Å²) < 4.78 is 29.9. The number of aromatic nitrogens is 1. The Morgan fingerprint density at radius 1 is 1.21 bits per heavy atom. The first-order valence-electron chi connectivity index (χ1n) is 10.6. The summed E-state index contributed by atoms with van der Waals surface area (Å²) in [6.07, 6.45) is 9.99. The van der Waals surface area contributed by atoms with E-state index in [0.717, 1.165) is 16.8 Å². The van der Waals surface area contributed by atoms with Gasteiger partial charge in [-0.2, -0.15) is 8.78 Å². The van der Waals surface area contributed by atoms with Gasteiger partial charge in [0.1, 0.15) is 5.76 Å². The van der Waals surface area contributed by atoms with Crippen LogP contribution in [0, 0.1) is 0 Å². The number of benzene rings is 1. The molecule has 0 saturated heterocycles. The minimum Gasteiger partial charge on any atom is -0.435 e. The molecule has 176 valence electrons. The second-order valence-electron chi connectivity index (χ2n) is 7.74. The first-order chi connectivity index (χ1) is 15.7. The van der Waals surface area contributed by atoms with E-state index in [-0.39, 0.29) is 11.7 Å². The molecule has 0 aliphatic heterocycles. The number of nitrogens with zero attached hydrogens (tertiary/aromatic N) is 1. The van der Waals surface area contributed by atoms with Crippen LogP contribution in [0.4, 0.5) is 8.78 Å². The molecule has 1 heterocycles. The van der Waals surface area contributed by atoms with Crippen LogP contribution in [0.3, 0.4) is 0 Å². The van der Waals surface area contributed by atoms with Gasteiger partial charge in [-0.25, -0.2) is 0 Å². The van der Waals surface area contributed by atoms with Crippen LogP contribution in [-0.4, -0.2) is 17.6 Å². The van der Waals surface area contributed by atoms with Gasteiger partial charge >= 0.3 is 6.61 Å². The first kappa shape index (κ1) is 26.1. The Morgan fingerprint density at radius 2 is 1.94 bits per heavy atom. The van der Waals surface area contributed by atoms with Gasteiger partial charge in [0, 0.05) is 23.9 Å². The summed E-state index contributed by atoms with van der Waals surface area (Å²) in [5.41, 5.74) is 8.05. The number of ether oxygens (including phenoxy) is 1. The van der Waals surface area contributed by atoms with Crippen LogP contribution in [0.5, 0.6) is 0 Å². The maximum absolute atomic E-state index is 12.7. The molecule has 1 aliphatic rings. The lowest BCUT2D eigenvalue weighted by Gasteiger charge is -2.19. The van der Waals surface area contributed by atoms with Crippen molar-refractivity contribution in [2.45, 2.75) is 45.3 Å². The molecule has 3 N–H and O–H groups in total. The van der Waals surface area contributed by atoms with Crippen molar-refractivity contribution in [3.63, 3.8) is 0 Å². The average Bonchev–Trinajstić information content (AvgIpc) is 2.98. The molecule has 4 nitrogen and oxygen atoms in total. The normalized spacial score (nSPS) is 13.9. The number of nitrogens with one attached hydrogen (secondary N) is 1. The number of hydrogen-bond acceptors (Lipinski definition) is 4. The molecule has 1 aliphatic carbocycles. The Labute approximate surface area is 199 Å². The molecule has 2 aromatic rings. The number of rotatable bonds is 8. The van der Waals surface area contributed by atoms with Crippen LogP contribution in [0.15, 0.2) is 96.7 Å². The lowest BCUT2D eigenvalue weighted by molar-refractivity contribution is -0.0920. The predicted octanol–water partition coefficient (Wildman–Crippen LogP) is 6.49. The van der Waals surface area contributed by atoms with Gasteiger partial charge in [-0.05, 0) is 62.1 Å². The highest BCUT2D eigenvalue weighted by molar-refractivity contribution is 6.30. The number of pyridine rings is 1. The number of hydrogen-bond donors (Lipinski definition) is 2. The lowest BCUT2D eigenvalue weighted by atomic mass is 9.87. The van der Waals surface area contributed by atoms with E-state index in [4.69, 9.17) is 17.3 Å². The van der Waals surface area contributed by atoms with Crippen molar-refractivity contribution in [3.05, 3.63) is 113 Å². The highest BCUT2D eigenvalue weighted by Crippen LogP contribution is 2.31. The van der Waals surface area contributed by atoms with Gasteiger partial charge in [-0.15, -0.1) is 0 Å². The maximum Gasteiger partial charge on any atom is 0.387 e. The minimum absolute atomic E-state index is 0.0918. The molecule has 3 rings (SSSR count). The van der Waals surface area contributed by atoms with Crippen molar-refractivity contribution in [2.24, 2.45) is 5.73 Å². The van der Waals surface area contributed by atoms with Crippen molar-refractivity contribution < 1.29 is 13.5 Å². The van der Waals surface area contributed by atoms with Crippen LogP contribution >= 0.6 is 11.6 Å². The summed E-state index contributed by atoms with van der Waals surface area (Å²) in [5.74, 6) is 0.594. The predicted molar refractivity (Wildman–Crippen MR) is 131 cm³/mol. The Balaban J connectivity index is 0.000000479. The Bertz CT molecular complexity index is 971. The molecule has 0 spiro atoms. The van der Waals surface area contributed by atoms with Crippen molar-refractivity contribution in [3.8, 4) is 0 Å². The third kappa shape index (κ3) is 9.91. The van der Waals surface area contributed by atoms with E-state index in [0.29, 0.717) is 29.7 Å². The van der Waals surface area contributed by atoms with E-state index in [1.807, 2.05) is 56.3 Å². The molecular formula is C26H30ClF2N3O. The second-order valence-corrected chi connectivity index (χ2v) is 8.17. The monoisotopic (exact) mass is 473 g/mol. The van der Waals surface area contributed by atoms with Crippen molar-refractivity contribution in [1.82, 2.24) is 10.3 Å². The SMILES string of the molecule is C=C(N)NC(C)C.FC(F)OC1=CC([C@@H](Cc2ccccc2)c2ccc(Cl)cn2)=CCC=C1. The third-order valence-electron chi connectivity index (χ3n) is 4.57. The van der Waals surface area contributed by atoms with Gasteiger partial charge in [-0.3, -0.25) is 4.98 Å². The van der Waals surface area contributed by atoms with Gasteiger partial charge in [0.2, 0.25) is 0 Å². The molecule has 0 amide bonds. The maximum atomic E-state index is 12.7. The van der Waals surface area contributed by atoms with Gasteiger partial charge in [0.05, 0.1) is 10.8 Å². The summed E-state index contributed by atoms with van der Waals surface area (Å²) in [6.45, 7) is 4.63. The van der Waals surface area contributed by atoms with Gasteiger partial charge < -0.3 is 15.8 Å². The van der Waals surface area contributed by atoms with Crippen LogP contribution in [0.25, 0.3) is 0 Å². The first-order valence-corrected chi connectivity index (χ1v) is 11.0. The molecule has 1 aromatic carbocycles. The minimum atomic E-state index is -2.86. The fraction of sp³-hybridized carbons (Fsp3) is 0.269. The Morgan fingerprint density at radius 3 is 2.48 bits per heavy atom. The smallest absolute Gasteiger partial charge is 0.387 e. The molecule has 33 heavy (non-hydrogen) atoms. The fourth-order valence-electron chi connectivity index (χ4n) is 3.29. The fourth-order valence-corrected chi connectivity index (χ4v) is 3.40. The van der Waals surface area contributed by atoms with Crippen molar-refractivity contribution in [1.29, 1.82) is 0 Å². The summed E-state index contributed by atoms with van der Waals surface area (Å²) in [6, 6.07) is 14.1. The van der Waals surface area contributed by atoms with Crippen LogP contribution < -0.4 is 11.1 Å². The Hall–Kier alpha value is -3.12. The number of halogens is 3. The standard InChI is InChI=1S/C21H18ClF2NO.C5H12N2/c22-17-10-11-20(25-14-17)19(12-15-6-2-1-3-7-15)16-8-4-5-9-18(13-16)26-21(23)24;1-4(2)7-5(3)6/h1-3,5-11,13-14,19,21H,4,12H2;4,7H,3,6H2,1-2H3/t19-;/m1./s1. The molecule has 1 aromatic heterocycles.